The quantitative estimate of drug-likeness (QED) is 0.302. The molecular weight excluding hydrogens is 352 g/mol. The highest BCUT2D eigenvalue weighted by Gasteiger charge is 2.28. The lowest BCUT2D eigenvalue weighted by Crippen LogP contribution is -1.98. The van der Waals surface area contributed by atoms with E-state index >= 15 is 0 Å². The highest BCUT2D eigenvalue weighted by molar-refractivity contribution is 7.20. The van der Waals surface area contributed by atoms with Gasteiger partial charge in [-0.3, -0.25) is 0 Å². The number of hydrogen-bond donors (Lipinski definition) is 0. The summed E-state index contributed by atoms with van der Waals surface area (Å²) in [6.45, 7) is 0. The van der Waals surface area contributed by atoms with Crippen LogP contribution in [-0.4, -0.2) is 0 Å². The normalized spacial score (nSPS) is 12.2. The van der Waals surface area contributed by atoms with Gasteiger partial charge in [-0.2, -0.15) is 0 Å². The van der Waals surface area contributed by atoms with Gasteiger partial charge in [0, 0.05) is 25.4 Å². The lowest BCUT2D eigenvalue weighted by Gasteiger charge is -2.25. The molecule has 0 saturated carbocycles. The van der Waals surface area contributed by atoms with Gasteiger partial charge in [0.25, 0.3) is 0 Å². The number of benzene rings is 3. The average molecular weight is 369 g/mol. The van der Waals surface area contributed by atoms with E-state index in [-0.39, 0.29) is 0 Å². The molecule has 2 heteroatoms. The molecule has 0 amide bonds. The Bertz CT molecular complexity index is 1270. The lowest BCUT2D eigenvalue weighted by molar-refractivity contribution is 0.982. The van der Waals surface area contributed by atoms with Gasteiger partial charge in [-0.25, -0.2) is 0 Å². The second-order valence-corrected chi connectivity index (χ2v) is 8.98. The van der Waals surface area contributed by atoms with Crippen molar-refractivity contribution in [3.05, 3.63) is 82.6 Å². The average Bonchev–Trinajstić information content (AvgIpc) is 3.28. The van der Waals surface area contributed by atoms with Crippen molar-refractivity contribution in [1.82, 2.24) is 0 Å². The number of fused-ring (bicyclic) bond motifs is 8. The molecule has 0 nitrogen and oxygen atoms in total. The first-order chi connectivity index (χ1) is 12.9. The molecule has 0 aliphatic heterocycles. The molecule has 26 heavy (non-hydrogen) atoms. The molecule has 0 unspecified atom stereocenters. The second-order valence-electron chi connectivity index (χ2n) is 6.93. The van der Waals surface area contributed by atoms with E-state index in [1.807, 2.05) is 22.7 Å². The number of aryl methyl sites for hydroxylation is 2. The van der Waals surface area contributed by atoms with Crippen LogP contribution in [0.15, 0.2) is 72.1 Å². The van der Waals surface area contributed by atoms with E-state index in [0.717, 1.165) is 12.8 Å². The van der Waals surface area contributed by atoms with E-state index < -0.39 is 0 Å². The van der Waals surface area contributed by atoms with Crippen molar-refractivity contribution in [3.8, 4) is 22.3 Å². The largest absolute Gasteiger partial charge is 0.143 e. The van der Waals surface area contributed by atoms with Gasteiger partial charge >= 0.3 is 0 Å². The Morgan fingerprint density at radius 2 is 1.42 bits per heavy atom. The van der Waals surface area contributed by atoms with Crippen molar-refractivity contribution in [2.45, 2.75) is 12.8 Å². The van der Waals surface area contributed by atoms with Crippen LogP contribution in [0.4, 0.5) is 0 Å². The van der Waals surface area contributed by atoms with Gasteiger partial charge in [-0.05, 0) is 57.8 Å². The Morgan fingerprint density at radius 3 is 2.27 bits per heavy atom. The maximum Gasteiger partial charge on any atom is 0.0430 e. The number of hydrogen-bond acceptors (Lipinski definition) is 2. The molecule has 0 atom stereocenters. The summed E-state index contributed by atoms with van der Waals surface area (Å²) in [6.07, 6.45) is 2.23. The maximum atomic E-state index is 2.39. The predicted octanol–water partition coefficient (Wildman–Crippen LogP) is 7.55. The summed E-state index contributed by atoms with van der Waals surface area (Å²) in [5.41, 5.74) is 7.25. The van der Waals surface area contributed by atoms with Crippen molar-refractivity contribution in [2.24, 2.45) is 0 Å². The highest BCUT2D eigenvalue weighted by atomic mass is 32.1. The molecule has 0 saturated heterocycles. The van der Waals surface area contributed by atoms with Crippen LogP contribution in [0.5, 0.6) is 0 Å². The molecule has 3 aromatic carbocycles. The van der Waals surface area contributed by atoms with Crippen molar-refractivity contribution in [3.63, 3.8) is 0 Å². The Kier molecular flexibility index (Phi) is 3.13. The molecule has 5 aromatic rings. The maximum absolute atomic E-state index is 2.39. The van der Waals surface area contributed by atoms with Crippen LogP contribution in [0, 0.1) is 0 Å². The first-order valence-electron chi connectivity index (χ1n) is 8.99. The Hall–Kier alpha value is -2.42. The minimum absolute atomic E-state index is 1.11. The van der Waals surface area contributed by atoms with E-state index in [2.05, 4.69) is 72.1 Å². The second kappa shape index (κ2) is 5.54. The van der Waals surface area contributed by atoms with Gasteiger partial charge in [0.1, 0.15) is 0 Å². The molecule has 1 aliphatic rings. The van der Waals surface area contributed by atoms with Crippen molar-refractivity contribution in [2.75, 3.05) is 0 Å². The topological polar surface area (TPSA) is 0 Å². The third-order valence-corrected chi connectivity index (χ3v) is 7.58. The van der Waals surface area contributed by atoms with Crippen LogP contribution in [0.2, 0.25) is 0 Å². The standard InChI is InChI=1S/C24H16S2/c1-2-4-15(5-3-1)6-9-18-14-17-8-11-20-21-19(22(20)24(17)26-18)10-7-16-12-13-25-23(16)21/h1-5,7-8,10-14H,6,9H2. The van der Waals surface area contributed by atoms with Crippen molar-refractivity contribution in [1.29, 1.82) is 0 Å². The summed E-state index contributed by atoms with van der Waals surface area (Å²) in [4.78, 5) is 1.49. The number of rotatable bonds is 3. The van der Waals surface area contributed by atoms with Crippen LogP contribution >= 0.6 is 22.7 Å². The summed E-state index contributed by atoms with van der Waals surface area (Å²) in [5, 5.41) is 4.97. The van der Waals surface area contributed by atoms with Crippen LogP contribution in [0.1, 0.15) is 10.4 Å². The van der Waals surface area contributed by atoms with Gasteiger partial charge < -0.3 is 0 Å². The fourth-order valence-electron chi connectivity index (χ4n) is 4.11. The van der Waals surface area contributed by atoms with Crippen LogP contribution in [0.3, 0.4) is 0 Å². The van der Waals surface area contributed by atoms with Gasteiger partial charge in [-0.15, -0.1) is 22.7 Å². The zero-order chi connectivity index (χ0) is 17.1. The SMILES string of the molecule is c1ccc(CCc2cc3ccc4c(c3s2)-c2ccc3ccsc3c2-4)cc1. The van der Waals surface area contributed by atoms with Crippen LogP contribution in [-0.2, 0) is 12.8 Å². The molecule has 6 rings (SSSR count). The molecule has 0 radical (unpaired) electrons. The van der Waals surface area contributed by atoms with Gasteiger partial charge in [-0.1, -0.05) is 54.6 Å². The van der Waals surface area contributed by atoms with E-state index in [1.54, 1.807) is 0 Å². The zero-order valence-corrected chi connectivity index (χ0v) is 15.8. The fraction of sp³-hybridized carbons (Fsp3) is 0.0833. The molecule has 0 bridgehead atoms. The Balaban J connectivity index is 1.41. The molecule has 124 valence electrons. The summed E-state index contributed by atoms with van der Waals surface area (Å²) < 4.78 is 2.91. The Morgan fingerprint density at radius 1 is 0.654 bits per heavy atom. The molecule has 2 heterocycles. The predicted molar refractivity (Wildman–Crippen MR) is 115 cm³/mol. The summed E-state index contributed by atoms with van der Waals surface area (Å²) >= 11 is 3.85. The molecule has 0 spiro atoms. The van der Waals surface area contributed by atoms with Gasteiger partial charge in [0.15, 0.2) is 0 Å². The summed E-state index contributed by atoms with van der Waals surface area (Å²) in [6, 6.07) is 24.6. The highest BCUT2D eigenvalue weighted by Crippen LogP contribution is 2.55. The lowest BCUT2D eigenvalue weighted by atomic mass is 9.79. The first kappa shape index (κ1) is 14.7. The monoisotopic (exact) mass is 368 g/mol. The van der Waals surface area contributed by atoms with E-state index in [9.17, 15) is 0 Å². The minimum Gasteiger partial charge on any atom is -0.143 e. The first-order valence-corrected chi connectivity index (χ1v) is 10.7. The van der Waals surface area contributed by atoms with E-state index in [1.165, 1.54) is 52.9 Å². The van der Waals surface area contributed by atoms with Crippen LogP contribution in [0.25, 0.3) is 42.4 Å². The number of thiophene rings is 2. The summed E-state index contributed by atoms with van der Waals surface area (Å²) in [5.74, 6) is 0. The molecule has 0 N–H and O–H groups in total. The fourth-order valence-corrected chi connectivity index (χ4v) is 6.29. The third kappa shape index (κ3) is 2.06. The molecule has 2 aromatic heterocycles. The van der Waals surface area contributed by atoms with Crippen LogP contribution < -0.4 is 0 Å². The Labute approximate surface area is 160 Å². The molecule has 1 aliphatic carbocycles. The molecule has 0 fully saturated rings. The minimum atomic E-state index is 1.11. The van der Waals surface area contributed by atoms with Crippen molar-refractivity contribution >= 4 is 42.8 Å². The van der Waals surface area contributed by atoms with Gasteiger partial charge in [0.05, 0.1) is 0 Å². The van der Waals surface area contributed by atoms with Gasteiger partial charge in [0.2, 0.25) is 0 Å². The third-order valence-electron chi connectivity index (χ3n) is 5.40. The molecular formula is C24H16S2. The van der Waals surface area contributed by atoms with Crippen molar-refractivity contribution < 1.29 is 0 Å². The summed E-state index contributed by atoms with van der Waals surface area (Å²) in [7, 11) is 0. The van der Waals surface area contributed by atoms with E-state index in [4.69, 9.17) is 0 Å². The smallest absolute Gasteiger partial charge is 0.0430 e. The van der Waals surface area contributed by atoms with E-state index in [0.29, 0.717) is 0 Å². The zero-order valence-electron chi connectivity index (χ0n) is 14.2.